The summed E-state index contributed by atoms with van der Waals surface area (Å²) in [7, 11) is 0. The fourth-order valence-electron chi connectivity index (χ4n) is 2.00. The minimum atomic E-state index is 0. The van der Waals surface area contributed by atoms with Crippen molar-refractivity contribution in [1.29, 1.82) is 0 Å². The van der Waals surface area contributed by atoms with Crippen LogP contribution in [0.2, 0.25) is 0 Å². The number of hydroxylamine groups is 1. The van der Waals surface area contributed by atoms with Crippen molar-refractivity contribution in [2.24, 2.45) is 0 Å². The maximum absolute atomic E-state index is 5.24. The van der Waals surface area contributed by atoms with E-state index in [0.717, 1.165) is 13.0 Å². The lowest BCUT2D eigenvalue weighted by Crippen LogP contribution is -2.34. The van der Waals surface area contributed by atoms with E-state index in [-0.39, 0.29) is 37.2 Å². The van der Waals surface area contributed by atoms with Gasteiger partial charge in [-0.2, -0.15) is 5.48 Å². The molecule has 0 bridgehead atoms. The highest BCUT2D eigenvalue weighted by Gasteiger charge is 2.17. The van der Waals surface area contributed by atoms with Crippen LogP contribution in [-0.4, -0.2) is 12.6 Å². The second-order valence-electron chi connectivity index (χ2n) is 3.76. The molecule has 0 aromatic heterocycles. The Kier molecular flexibility index (Phi) is 11.4. The summed E-state index contributed by atoms with van der Waals surface area (Å²) in [4.78, 5) is 5.24. The molecule has 100 valence electrons. The van der Waals surface area contributed by atoms with Crippen LogP contribution in [0, 0.1) is 0 Å². The lowest BCUT2D eigenvalue weighted by molar-refractivity contribution is 0.0212. The molecule has 1 aromatic rings. The van der Waals surface area contributed by atoms with Crippen LogP contribution in [0.3, 0.4) is 0 Å². The van der Waals surface area contributed by atoms with Crippen molar-refractivity contribution in [2.45, 2.75) is 32.2 Å². The fraction of sp³-hybridized carbons (Fsp3) is 0.500. The summed E-state index contributed by atoms with van der Waals surface area (Å²) < 4.78 is 0. The SMILES string of the molecule is CCONC1CCc2ccccc2C1.Cl.Cl.Cl. The van der Waals surface area contributed by atoms with Gasteiger partial charge in [0.25, 0.3) is 0 Å². The molecule has 1 aromatic carbocycles. The highest BCUT2D eigenvalue weighted by Crippen LogP contribution is 2.20. The van der Waals surface area contributed by atoms with Crippen molar-refractivity contribution in [3.63, 3.8) is 0 Å². The molecule has 1 aliphatic rings. The molecule has 5 heteroatoms. The lowest BCUT2D eigenvalue weighted by atomic mass is 9.89. The first-order valence-electron chi connectivity index (χ1n) is 5.34. The molecule has 0 heterocycles. The van der Waals surface area contributed by atoms with E-state index in [4.69, 9.17) is 4.84 Å². The number of rotatable bonds is 3. The number of halogens is 3. The zero-order valence-corrected chi connectivity index (χ0v) is 12.3. The maximum atomic E-state index is 5.24. The molecule has 0 fully saturated rings. The average Bonchev–Trinajstić information content (AvgIpc) is 2.26. The number of hydrogen-bond donors (Lipinski definition) is 1. The van der Waals surface area contributed by atoms with Gasteiger partial charge in [0.1, 0.15) is 0 Å². The smallest absolute Gasteiger partial charge is 0.0654 e. The Labute approximate surface area is 122 Å². The lowest BCUT2D eigenvalue weighted by Gasteiger charge is -2.24. The van der Waals surface area contributed by atoms with E-state index in [2.05, 4.69) is 29.7 Å². The third-order valence-electron chi connectivity index (χ3n) is 2.74. The summed E-state index contributed by atoms with van der Waals surface area (Å²) in [5.74, 6) is 0. The van der Waals surface area contributed by atoms with Gasteiger partial charge in [0.2, 0.25) is 0 Å². The van der Waals surface area contributed by atoms with Gasteiger partial charge in [-0.25, -0.2) is 0 Å². The number of hydrogen-bond acceptors (Lipinski definition) is 2. The molecule has 0 aliphatic heterocycles. The van der Waals surface area contributed by atoms with Crippen LogP contribution >= 0.6 is 37.2 Å². The molecule has 0 spiro atoms. The van der Waals surface area contributed by atoms with Gasteiger partial charge in [-0.3, -0.25) is 0 Å². The first-order valence-corrected chi connectivity index (χ1v) is 5.34. The first kappa shape index (κ1) is 19.4. The first-order chi connectivity index (χ1) is 6.90. The molecule has 2 rings (SSSR count). The highest BCUT2D eigenvalue weighted by molar-refractivity contribution is 5.86. The molecule has 1 aliphatic carbocycles. The van der Waals surface area contributed by atoms with Crippen LogP contribution in [0.5, 0.6) is 0 Å². The Morgan fingerprint density at radius 1 is 1.18 bits per heavy atom. The minimum Gasteiger partial charge on any atom is -0.302 e. The van der Waals surface area contributed by atoms with Crippen LogP contribution in [-0.2, 0) is 17.7 Å². The largest absolute Gasteiger partial charge is 0.302 e. The van der Waals surface area contributed by atoms with Gasteiger partial charge >= 0.3 is 0 Å². The summed E-state index contributed by atoms with van der Waals surface area (Å²) in [6.07, 6.45) is 3.44. The molecule has 0 amide bonds. The number of fused-ring (bicyclic) bond motifs is 1. The molecular formula is C12H20Cl3NO. The number of aryl methyl sites for hydroxylation is 1. The van der Waals surface area contributed by atoms with E-state index < -0.39 is 0 Å². The van der Waals surface area contributed by atoms with E-state index in [0.29, 0.717) is 6.04 Å². The summed E-state index contributed by atoms with van der Waals surface area (Å²) in [5.41, 5.74) is 6.08. The van der Waals surface area contributed by atoms with E-state index in [9.17, 15) is 0 Å². The predicted octanol–water partition coefficient (Wildman–Crippen LogP) is 3.35. The van der Waals surface area contributed by atoms with Gasteiger partial charge in [0.05, 0.1) is 6.61 Å². The third-order valence-corrected chi connectivity index (χ3v) is 2.74. The van der Waals surface area contributed by atoms with Gasteiger partial charge in [-0.05, 0) is 37.3 Å². The normalized spacial score (nSPS) is 16.9. The van der Waals surface area contributed by atoms with Crippen molar-refractivity contribution in [3.05, 3.63) is 35.4 Å². The average molecular weight is 301 g/mol. The Hall–Kier alpha value is 0.01000. The molecule has 0 saturated carbocycles. The van der Waals surface area contributed by atoms with Crippen molar-refractivity contribution in [1.82, 2.24) is 5.48 Å². The van der Waals surface area contributed by atoms with Gasteiger partial charge < -0.3 is 4.84 Å². The second-order valence-corrected chi connectivity index (χ2v) is 3.76. The zero-order chi connectivity index (χ0) is 9.80. The molecule has 17 heavy (non-hydrogen) atoms. The van der Waals surface area contributed by atoms with Gasteiger partial charge in [-0.15, -0.1) is 37.2 Å². The Morgan fingerprint density at radius 2 is 1.82 bits per heavy atom. The zero-order valence-electron chi connectivity index (χ0n) is 9.85. The second kappa shape index (κ2) is 9.98. The standard InChI is InChI=1S/C12H17NO.3ClH/c1-2-14-13-12-8-7-10-5-3-4-6-11(10)9-12;;;/h3-6,12-13H,2,7-9H2,1H3;3*1H. The van der Waals surface area contributed by atoms with E-state index in [1.165, 1.54) is 24.0 Å². The molecule has 1 unspecified atom stereocenters. The van der Waals surface area contributed by atoms with Crippen molar-refractivity contribution in [2.75, 3.05) is 6.61 Å². The topological polar surface area (TPSA) is 21.3 Å². The van der Waals surface area contributed by atoms with E-state index in [1.54, 1.807) is 0 Å². The molecule has 2 nitrogen and oxygen atoms in total. The van der Waals surface area contributed by atoms with E-state index >= 15 is 0 Å². The molecule has 1 atom stereocenters. The molecular weight excluding hydrogens is 280 g/mol. The summed E-state index contributed by atoms with van der Waals surface area (Å²) >= 11 is 0. The monoisotopic (exact) mass is 299 g/mol. The van der Waals surface area contributed by atoms with Gasteiger partial charge in [0, 0.05) is 6.04 Å². The number of benzene rings is 1. The van der Waals surface area contributed by atoms with Crippen LogP contribution in [0.1, 0.15) is 24.5 Å². The molecule has 0 saturated heterocycles. The number of nitrogens with one attached hydrogen (secondary N) is 1. The third kappa shape index (κ3) is 5.45. The van der Waals surface area contributed by atoms with Crippen molar-refractivity contribution < 1.29 is 4.84 Å². The van der Waals surface area contributed by atoms with Crippen LogP contribution in [0.4, 0.5) is 0 Å². The summed E-state index contributed by atoms with van der Waals surface area (Å²) in [6, 6.07) is 9.17. The van der Waals surface area contributed by atoms with Gasteiger partial charge in [0.15, 0.2) is 0 Å². The Morgan fingerprint density at radius 3 is 2.47 bits per heavy atom. The quantitative estimate of drug-likeness (QED) is 0.864. The minimum absolute atomic E-state index is 0. The fourth-order valence-corrected chi connectivity index (χ4v) is 2.00. The molecule has 1 N–H and O–H groups in total. The van der Waals surface area contributed by atoms with E-state index in [1.807, 2.05) is 6.92 Å². The Bertz CT molecular complexity index is 310. The predicted molar refractivity (Wildman–Crippen MR) is 78.8 cm³/mol. The summed E-state index contributed by atoms with van der Waals surface area (Å²) in [6.45, 7) is 2.74. The highest BCUT2D eigenvalue weighted by atomic mass is 35.5. The van der Waals surface area contributed by atoms with Crippen LogP contribution in [0.15, 0.2) is 24.3 Å². The molecule has 0 radical (unpaired) electrons. The van der Waals surface area contributed by atoms with Crippen molar-refractivity contribution in [3.8, 4) is 0 Å². The van der Waals surface area contributed by atoms with Crippen LogP contribution < -0.4 is 5.48 Å². The van der Waals surface area contributed by atoms with Crippen molar-refractivity contribution >= 4 is 37.2 Å². The Balaban J connectivity index is 0. The van der Waals surface area contributed by atoms with Crippen LogP contribution in [0.25, 0.3) is 0 Å². The summed E-state index contributed by atoms with van der Waals surface area (Å²) in [5, 5.41) is 0. The van der Waals surface area contributed by atoms with Gasteiger partial charge in [-0.1, -0.05) is 24.3 Å². The maximum Gasteiger partial charge on any atom is 0.0654 e.